The highest BCUT2D eigenvalue weighted by molar-refractivity contribution is 6.30. The Kier molecular flexibility index (Phi) is 3.20. The van der Waals surface area contributed by atoms with Crippen molar-refractivity contribution in [3.05, 3.63) is 34.9 Å². The van der Waals surface area contributed by atoms with Gasteiger partial charge in [-0.25, -0.2) is 0 Å². The van der Waals surface area contributed by atoms with Crippen molar-refractivity contribution in [1.82, 2.24) is 5.32 Å². The highest BCUT2D eigenvalue weighted by Gasteiger charge is 2.45. The summed E-state index contributed by atoms with van der Waals surface area (Å²) >= 11 is 5.85. The van der Waals surface area contributed by atoms with Crippen LogP contribution in [0.3, 0.4) is 0 Å². The summed E-state index contributed by atoms with van der Waals surface area (Å²) in [5.74, 6) is 0.148. The summed E-state index contributed by atoms with van der Waals surface area (Å²) in [6, 6.07) is 7.76. The molecule has 0 aromatic heterocycles. The highest BCUT2D eigenvalue weighted by Crippen LogP contribution is 2.45. The summed E-state index contributed by atoms with van der Waals surface area (Å²) in [5.41, 5.74) is 1.07. The SMILES string of the molecule is CCCC(=O)NC1(c2ccc(Cl)cc2)CC1. The molecule has 3 heteroatoms. The number of carbonyl (C=O) groups excluding carboxylic acids is 1. The monoisotopic (exact) mass is 237 g/mol. The molecule has 1 aliphatic carbocycles. The van der Waals surface area contributed by atoms with Gasteiger partial charge in [-0.05, 0) is 37.0 Å². The second-order valence-electron chi connectivity index (χ2n) is 4.39. The minimum Gasteiger partial charge on any atom is -0.347 e. The predicted molar refractivity (Wildman–Crippen MR) is 65.4 cm³/mol. The number of halogens is 1. The lowest BCUT2D eigenvalue weighted by atomic mass is 10.0. The van der Waals surface area contributed by atoms with Gasteiger partial charge in [0.2, 0.25) is 5.91 Å². The van der Waals surface area contributed by atoms with E-state index in [1.165, 1.54) is 5.56 Å². The van der Waals surface area contributed by atoms with Gasteiger partial charge >= 0.3 is 0 Å². The van der Waals surface area contributed by atoms with E-state index in [1.807, 2.05) is 31.2 Å². The second-order valence-corrected chi connectivity index (χ2v) is 4.82. The molecule has 0 saturated heterocycles. The molecule has 2 nitrogen and oxygen atoms in total. The average Bonchev–Trinajstić information content (AvgIpc) is 3.00. The third-order valence-corrected chi connectivity index (χ3v) is 3.25. The predicted octanol–water partition coefficient (Wildman–Crippen LogP) is 3.25. The normalized spacial score (nSPS) is 16.9. The van der Waals surface area contributed by atoms with Crippen LogP contribution in [0.2, 0.25) is 5.02 Å². The largest absolute Gasteiger partial charge is 0.347 e. The molecule has 16 heavy (non-hydrogen) atoms. The fraction of sp³-hybridized carbons (Fsp3) is 0.462. The van der Waals surface area contributed by atoms with Crippen LogP contribution in [0.5, 0.6) is 0 Å². The van der Waals surface area contributed by atoms with Crippen molar-refractivity contribution < 1.29 is 4.79 Å². The van der Waals surface area contributed by atoms with Crippen LogP contribution < -0.4 is 5.32 Å². The Morgan fingerprint density at radius 1 is 1.38 bits per heavy atom. The molecule has 1 aromatic carbocycles. The van der Waals surface area contributed by atoms with Crippen molar-refractivity contribution in [3.8, 4) is 0 Å². The topological polar surface area (TPSA) is 29.1 Å². The smallest absolute Gasteiger partial charge is 0.220 e. The number of benzene rings is 1. The second kappa shape index (κ2) is 4.46. The first-order valence-electron chi connectivity index (χ1n) is 5.73. The van der Waals surface area contributed by atoms with Crippen molar-refractivity contribution in [2.24, 2.45) is 0 Å². The maximum absolute atomic E-state index is 11.6. The van der Waals surface area contributed by atoms with Gasteiger partial charge in [0, 0.05) is 11.4 Å². The van der Waals surface area contributed by atoms with Gasteiger partial charge in [-0.1, -0.05) is 30.7 Å². The van der Waals surface area contributed by atoms with E-state index in [0.717, 1.165) is 24.3 Å². The maximum atomic E-state index is 11.6. The Hall–Kier alpha value is -1.02. The van der Waals surface area contributed by atoms with E-state index in [2.05, 4.69) is 5.32 Å². The highest BCUT2D eigenvalue weighted by atomic mass is 35.5. The molecule has 1 fully saturated rings. The van der Waals surface area contributed by atoms with E-state index in [1.54, 1.807) is 0 Å². The minimum absolute atomic E-state index is 0.100. The van der Waals surface area contributed by atoms with Crippen LogP contribution in [0.15, 0.2) is 24.3 Å². The zero-order valence-corrected chi connectivity index (χ0v) is 10.2. The van der Waals surface area contributed by atoms with Gasteiger partial charge in [-0.15, -0.1) is 0 Å². The van der Waals surface area contributed by atoms with Gasteiger partial charge in [-0.3, -0.25) is 4.79 Å². The number of rotatable bonds is 4. The quantitative estimate of drug-likeness (QED) is 0.856. The number of hydrogen-bond donors (Lipinski definition) is 1. The third kappa shape index (κ3) is 2.38. The summed E-state index contributed by atoms with van der Waals surface area (Å²) in [4.78, 5) is 11.6. The standard InChI is InChI=1S/C13H16ClNO/c1-2-3-12(16)15-13(8-9-13)10-4-6-11(14)7-5-10/h4-7H,2-3,8-9H2,1H3,(H,15,16). The molecule has 0 aliphatic heterocycles. The Bertz CT molecular complexity index is 381. The molecule has 0 radical (unpaired) electrons. The van der Waals surface area contributed by atoms with Crippen LogP contribution in [-0.4, -0.2) is 5.91 Å². The zero-order valence-electron chi connectivity index (χ0n) is 9.42. The molecule has 0 atom stereocenters. The Balaban J connectivity index is 2.08. The number of hydrogen-bond acceptors (Lipinski definition) is 1. The van der Waals surface area contributed by atoms with Gasteiger partial charge in [0.25, 0.3) is 0 Å². The van der Waals surface area contributed by atoms with Crippen LogP contribution in [0.4, 0.5) is 0 Å². The first kappa shape index (κ1) is 11.5. The lowest BCUT2D eigenvalue weighted by molar-refractivity contribution is -0.122. The van der Waals surface area contributed by atoms with E-state index in [4.69, 9.17) is 11.6 Å². The van der Waals surface area contributed by atoms with Gasteiger partial charge in [0.05, 0.1) is 5.54 Å². The van der Waals surface area contributed by atoms with Gasteiger partial charge in [-0.2, -0.15) is 0 Å². The van der Waals surface area contributed by atoms with E-state index in [9.17, 15) is 4.79 Å². The van der Waals surface area contributed by atoms with Gasteiger partial charge < -0.3 is 5.32 Å². The molecular formula is C13H16ClNO. The molecule has 1 N–H and O–H groups in total. The van der Waals surface area contributed by atoms with Crippen LogP contribution in [-0.2, 0) is 10.3 Å². The molecule has 1 saturated carbocycles. The van der Waals surface area contributed by atoms with Crippen LogP contribution in [0, 0.1) is 0 Å². The average molecular weight is 238 g/mol. The van der Waals surface area contributed by atoms with E-state index >= 15 is 0 Å². The maximum Gasteiger partial charge on any atom is 0.220 e. The molecule has 2 rings (SSSR count). The summed E-state index contributed by atoms with van der Waals surface area (Å²) in [6.07, 6.45) is 3.56. The first-order valence-corrected chi connectivity index (χ1v) is 6.11. The minimum atomic E-state index is -0.100. The number of carbonyl (C=O) groups is 1. The van der Waals surface area contributed by atoms with E-state index < -0.39 is 0 Å². The Morgan fingerprint density at radius 3 is 2.50 bits per heavy atom. The fourth-order valence-corrected chi connectivity index (χ4v) is 2.06. The molecule has 86 valence electrons. The summed E-state index contributed by atoms with van der Waals surface area (Å²) in [5, 5.41) is 3.86. The van der Waals surface area contributed by atoms with E-state index in [-0.39, 0.29) is 11.4 Å². The Labute approximate surface area is 101 Å². The lowest BCUT2D eigenvalue weighted by Gasteiger charge is -2.17. The molecular weight excluding hydrogens is 222 g/mol. The van der Waals surface area contributed by atoms with Crippen LogP contribution >= 0.6 is 11.6 Å². The molecule has 0 heterocycles. The van der Waals surface area contributed by atoms with Gasteiger partial charge in [0.15, 0.2) is 0 Å². The van der Waals surface area contributed by atoms with Crippen molar-refractivity contribution >= 4 is 17.5 Å². The molecule has 1 amide bonds. The summed E-state index contributed by atoms with van der Waals surface area (Å²) in [7, 11) is 0. The van der Waals surface area contributed by atoms with Crippen molar-refractivity contribution in [3.63, 3.8) is 0 Å². The summed E-state index contributed by atoms with van der Waals surface area (Å²) < 4.78 is 0. The fourth-order valence-electron chi connectivity index (χ4n) is 1.94. The van der Waals surface area contributed by atoms with Crippen molar-refractivity contribution in [1.29, 1.82) is 0 Å². The summed E-state index contributed by atoms with van der Waals surface area (Å²) in [6.45, 7) is 2.02. The number of amides is 1. The molecule has 0 spiro atoms. The molecule has 1 aromatic rings. The lowest BCUT2D eigenvalue weighted by Crippen LogP contribution is -2.34. The van der Waals surface area contributed by atoms with Crippen LogP contribution in [0.1, 0.15) is 38.2 Å². The molecule has 0 unspecified atom stereocenters. The van der Waals surface area contributed by atoms with Crippen molar-refractivity contribution in [2.75, 3.05) is 0 Å². The van der Waals surface area contributed by atoms with Crippen molar-refractivity contribution in [2.45, 2.75) is 38.1 Å². The zero-order chi connectivity index (χ0) is 11.6. The van der Waals surface area contributed by atoms with Gasteiger partial charge in [0.1, 0.15) is 0 Å². The first-order chi connectivity index (χ1) is 7.66. The third-order valence-electron chi connectivity index (χ3n) is 3.00. The molecule has 1 aliphatic rings. The Morgan fingerprint density at radius 2 is 2.00 bits per heavy atom. The number of nitrogens with one attached hydrogen (secondary N) is 1. The van der Waals surface area contributed by atoms with Crippen LogP contribution in [0.25, 0.3) is 0 Å². The van der Waals surface area contributed by atoms with E-state index in [0.29, 0.717) is 6.42 Å². The molecule has 0 bridgehead atoms.